The van der Waals surface area contributed by atoms with Crippen molar-refractivity contribution < 1.29 is 19.1 Å². The van der Waals surface area contributed by atoms with Crippen molar-refractivity contribution in [2.24, 2.45) is 11.8 Å². The van der Waals surface area contributed by atoms with Gasteiger partial charge in [-0.2, -0.15) is 0 Å². The number of rotatable bonds is 4. The number of nitrogens with one attached hydrogen (secondary N) is 1. The van der Waals surface area contributed by atoms with E-state index in [0.29, 0.717) is 50.6 Å². The fraction of sp³-hybridized carbons (Fsp3) is 0.409. The maximum Gasteiger partial charge on any atom is 0.253 e. The number of ether oxygens (including phenoxy) is 2. The Bertz CT molecular complexity index is 933. The minimum absolute atomic E-state index is 0.0391. The van der Waals surface area contributed by atoms with Gasteiger partial charge >= 0.3 is 0 Å². The molecule has 0 radical (unpaired) electrons. The Balaban J connectivity index is 1.20. The monoisotopic (exact) mass is 393 g/mol. The molecule has 1 aromatic carbocycles. The molecule has 0 spiro atoms. The molecule has 2 fully saturated rings. The number of benzene rings is 1. The number of fused-ring (bicyclic) bond motifs is 2. The number of aromatic nitrogens is 1. The fourth-order valence-corrected chi connectivity index (χ4v) is 4.49. The molecule has 3 atom stereocenters. The van der Waals surface area contributed by atoms with Crippen LogP contribution in [0.5, 0.6) is 0 Å². The minimum Gasteiger partial charge on any atom is -0.376 e. The zero-order valence-electron chi connectivity index (χ0n) is 16.0. The third-order valence-corrected chi connectivity index (χ3v) is 6.16. The van der Waals surface area contributed by atoms with Gasteiger partial charge in [-0.05, 0) is 35.4 Å². The van der Waals surface area contributed by atoms with Crippen LogP contribution >= 0.6 is 0 Å². The summed E-state index contributed by atoms with van der Waals surface area (Å²) >= 11 is 0. The van der Waals surface area contributed by atoms with Gasteiger partial charge in [-0.3, -0.25) is 14.6 Å². The van der Waals surface area contributed by atoms with Crippen LogP contribution in [0.2, 0.25) is 0 Å². The second-order valence-corrected chi connectivity index (χ2v) is 7.93. The molecule has 0 aliphatic carbocycles. The minimum atomic E-state index is -0.109. The number of amides is 2. The Hall–Kier alpha value is -2.77. The summed E-state index contributed by atoms with van der Waals surface area (Å²) < 4.78 is 11.4. The molecule has 0 bridgehead atoms. The summed E-state index contributed by atoms with van der Waals surface area (Å²) in [4.78, 5) is 31.1. The first-order chi connectivity index (χ1) is 14.2. The number of hydrogen-bond acceptors (Lipinski definition) is 5. The predicted molar refractivity (Wildman–Crippen MR) is 104 cm³/mol. The van der Waals surface area contributed by atoms with Gasteiger partial charge in [-0.15, -0.1) is 0 Å². The van der Waals surface area contributed by atoms with Crippen molar-refractivity contribution in [3.63, 3.8) is 0 Å². The van der Waals surface area contributed by atoms with Crippen molar-refractivity contribution in [3.8, 4) is 0 Å². The number of likely N-dealkylation sites (tertiary alicyclic amines) is 1. The van der Waals surface area contributed by atoms with Crippen LogP contribution < -0.4 is 5.32 Å². The van der Waals surface area contributed by atoms with Crippen LogP contribution in [0.3, 0.4) is 0 Å². The van der Waals surface area contributed by atoms with Crippen molar-refractivity contribution in [1.82, 2.24) is 15.2 Å². The molecule has 0 unspecified atom stereocenters. The Morgan fingerprint density at radius 1 is 1.07 bits per heavy atom. The molecule has 1 N–H and O–H groups in total. The van der Waals surface area contributed by atoms with E-state index in [0.717, 1.165) is 11.1 Å². The third-order valence-electron chi connectivity index (χ3n) is 6.16. The van der Waals surface area contributed by atoms with Gasteiger partial charge in [-0.25, -0.2) is 0 Å². The molecule has 2 aromatic rings. The number of nitrogens with zero attached hydrogens (tertiary/aromatic N) is 2. The van der Waals surface area contributed by atoms with E-state index in [-0.39, 0.29) is 29.8 Å². The van der Waals surface area contributed by atoms with E-state index < -0.39 is 0 Å². The topological polar surface area (TPSA) is 80.8 Å². The number of pyridine rings is 1. The lowest BCUT2D eigenvalue weighted by Gasteiger charge is -2.20. The van der Waals surface area contributed by atoms with E-state index in [1.54, 1.807) is 24.5 Å². The van der Waals surface area contributed by atoms with Gasteiger partial charge in [0, 0.05) is 55.0 Å². The van der Waals surface area contributed by atoms with Crippen LogP contribution in [0.15, 0.2) is 42.7 Å². The second-order valence-electron chi connectivity index (χ2n) is 7.93. The first-order valence-corrected chi connectivity index (χ1v) is 9.97. The van der Waals surface area contributed by atoms with E-state index in [1.165, 1.54) is 0 Å². The maximum atomic E-state index is 13.0. The SMILES string of the molecule is O=C(NC[C@@H]1CO[C@@H]2CN(C(=O)c3ccc4c(c3)COC4)C[C@H]12)c1ccncc1. The first kappa shape index (κ1) is 18.3. The van der Waals surface area contributed by atoms with Crippen LogP contribution in [0.4, 0.5) is 0 Å². The summed E-state index contributed by atoms with van der Waals surface area (Å²) in [6, 6.07) is 9.21. The summed E-state index contributed by atoms with van der Waals surface area (Å²) in [6.45, 7) is 3.62. The van der Waals surface area contributed by atoms with Gasteiger partial charge in [0.15, 0.2) is 0 Å². The molecule has 150 valence electrons. The zero-order chi connectivity index (χ0) is 19.8. The van der Waals surface area contributed by atoms with Crippen molar-refractivity contribution >= 4 is 11.8 Å². The van der Waals surface area contributed by atoms with Crippen LogP contribution in [-0.4, -0.2) is 54.0 Å². The highest BCUT2D eigenvalue weighted by Gasteiger charge is 2.45. The summed E-state index contributed by atoms with van der Waals surface area (Å²) in [7, 11) is 0. The van der Waals surface area contributed by atoms with Crippen LogP contribution in [0, 0.1) is 11.8 Å². The quantitative estimate of drug-likeness (QED) is 0.854. The maximum absolute atomic E-state index is 13.0. The van der Waals surface area contributed by atoms with Crippen molar-refractivity contribution in [1.29, 1.82) is 0 Å². The van der Waals surface area contributed by atoms with Gasteiger partial charge in [0.2, 0.25) is 0 Å². The van der Waals surface area contributed by atoms with Gasteiger partial charge in [-0.1, -0.05) is 6.07 Å². The van der Waals surface area contributed by atoms with Crippen LogP contribution in [0.25, 0.3) is 0 Å². The standard InChI is InChI=1S/C22H23N3O4/c26-21(14-3-5-23-6-4-14)24-8-18-13-29-20-10-25(9-19(18)20)22(27)15-1-2-16-11-28-12-17(16)7-15/h1-7,18-20H,8-13H2,(H,24,26)/t18-,19-,20-/m1/s1. The van der Waals surface area contributed by atoms with E-state index in [9.17, 15) is 9.59 Å². The molecule has 5 rings (SSSR count). The number of carbonyl (C=O) groups is 2. The van der Waals surface area contributed by atoms with Crippen molar-refractivity contribution in [3.05, 3.63) is 65.0 Å². The zero-order valence-corrected chi connectivity index (χ0v) is 16.0. The normalized spacial score (nSPS) is 25.0. The van der Waals surface area contributed by atoms with Gasteiger partial charge in [0.1, 0.15) is 0 Å². The molecule has 0 saturated carbocycles. The highest BCUT2D eigenvalue weighted by Crippen LogP contribution is 2.34. The van der Waals surface area contributed by atoms with E-state index >= 15 is 0 Å². The Morgan fingerprint density at radius 3 is 2.76 bits per heavy atom. The summed E-state index contributed by atoms with van der Waals surface area (Å²) in [6.07, 6.45) is 3.25. The lowest BCUT2D eigenvalue weighted by molar-refractivity contribution is 0.0674. The van der Waals surface area contributed by atoms with Crippen molar-refractivity contribution in [2.75, 3.05) is 26.2 Å². The van der Waals surface area contributed by atoms with Crippen molar-refractivity contribution in [2.45, 2.75) is 19.3 Å². The molecule has 2 saturated heterocycles. The lowest BCUT2D eigenvalue weighted by Crippen LogP contribution is -2.35. The smallest absolute Gasteiger partial charge is 0.253 e. The second kappa shape index (κ2) is 7.57. The first-order valence-electron chi connectivity index (χ1n) is 9.97. The largest absolute Gasteiger partial charge is 0.376 e. The molecule has 2 amide bonds. The summed E-state index contributed by atoms with van der Waals surface area (Å²) in [5, 5.41) is 2.99. The number of carbonyl (C=O) groups excluding carboxylic acids is 2. The predicted octanol–water partition coefficient (Wildman–Crippen LogP) is 1.63. The Labute approximate surface area is 169 Å². The highest BCUT2D eigenvalue weighted by atomic mass is 16.5. The van der Waals surface area contributed by atoms with E-state index in [2.05, 4.69) is 10.3 Å². The van der Waals surface area contributed by atoms with Gasteiger partial charge < -0.3 is 19.7 Å². The highest BCUT2D eigenvalue weighted by molar-refractivity contribution is 5.95. The molecule has 7 nitrogen and oxygen atoms in total. The molecular formula is C22H23N3O4. The molecule has 3 aliphatic rings. The third kappa shape index (κ3) is 3.52. The molecule has 7 heteroatoms. The summed E-state index contributed by atoms with van der Waals surface area (Å²) in [5.41, 5.74) is 3.56. The van der Waals surface area contributed by atoms with Crippen LogP contribution in [-0.2, 0) is 22.7 Å². The molecule has 4 heterocycles. The van der Waals surface area contributed by atoms with Gasteiger partial charge in [0.05, 0.1) is 25.9 Å². The molecule has 3 aliphatic heterocycles. The molecule has 29 heavy (non-hydrogen) atoms. The molecular weight excluding hydrogens is 370 g/mol. The summed E-state index contributed by atoms with van der Waals surface area (Å²) in [5.74, 6) is 0.380. The Morgan fingerprint density at radius 2 is 1.90 bits per heavy atom. The average molecular weight is 393 g/mol. The molecule has 1 aromatic heterocycles. The average Bonchev–Trinajstić information content (AvgIpc) is 3.47. The Kier molecular flexibility index (Phi) is 4.77. The lowest BCUT2D eigenvalue weighted by atomic mass is 9.93. The van der Waals surface area contributed by atoms with E-state index in [4.69, 9.17) is 9.47 Å². The van der Waals surface area contributed by atoms with Gasteiger partial charge in [0.25, 0.3) is 11.8 Å². The van der Waals surface area contributed by atoms with Crippen LogP contribution in [0.1, 0.15) is 31.8 Å². The fourth-order valence-electron chi connectivity index (χ4n) is 4.49. The number of hydrogen-bond donors (Lipinski definition) is 1. The van der Waals surface area contributed by atoms with E-state index in [1.807, 2.05) is 23.1 Å².